The van der Waals surface area contributed by atoms with Crippen LogP contribution in [0.15, 0.2) is 12.1 Å². The SMILES string of the molecule is Nc1ccc(Cl)c(C(=O)NC2CC3CCC2O3)n1. The van der Waals surface area contributed by atoms with Gasteiger partial charge in [0.15, 0.2) is 0 Å². The second-order valence-electron chi connectivity index (χ2n) is 4.76. The molecule has 2 aliphatic heterocycles. The lowest BCUT2D eigenvalue weighted by Crippen LogP contribution is -2.41. The van der Waals surface area contributed by atoms with Gasteiger partial charge in [-0.3, -0.25) is 4.79 Å². The molecule has 3 rings (SSSR count). The first-order valence-corrected chi connectivity index (χ1v) is 6.39. The van der Waals surface area contributed by atoms with Crippen LogP contribution in [0.5, 0.6) is 0 Å². The van der Waals surface area contributed by atoms with E-state index in [1.807, 2.05) is 0 Å². The third-order valence-electron chi connectivity index (χ3n) is 3.51. The minimum absolute atomic E-state index is 0.0653. The van der Waals surface area contributed by atoms with Crippen molar-refractivity contribution >= 4 is 23.3 Å². The van der Waals surface area contributed by atoms with Crippen LogP contribution in [0.25, 0.3) is 0 Å². The summed E-state index contributed by atoms with van der Waals surface area (Å²) in [4.78, 5) is 16.1. The summed E-state index contributed by atoms with van der Waals surface area (Å²) in [5.74, 6) is 0.00203. The summed E-state index contributed by atoms with van der Waals surface area (Å²) in [6.07, 6.45) is 3.40. The van der Waals surface area contributed by atoms with E-state index in [0.717, 1.165) is 19.3 Å². The number of nitrogen functional groups attached to an aromatic ring is 1. The number of fused-ring (bicyclic) bond motifs is 2. The lowest BCUT2D eigenvalue weighted by Gasteiger charge is -2.20. The van der Waals surface area contributed by atoms with Gasteiger partial charge in [-0.15, -0.1) is 0 Å². The lowest BCUT2D eigenvalue weighted by molar-refractivity contribution is 0.0837. The molecule has 3 atom stereocenters. The van der Waals surface area contributed by atoms with Crippen LogP contribution in [0.3, 0.4) is 0 Å². The maximum Gasteiger partial charge on any atom is 0.271 e. The number of carbonyl (C=O) groups excluding carboxylic acids is 1. The first kappa shape index (κ1) is 11.7. The van der Waals surface area contributed by atoms with Gasteiger partial charge in [0.25, 0.3) is 5.91 Å². The van der Waals surface area contributed by atoms with E-state index in [1.54, 1.807) is 12.1 Å². The molecule has 96 valence electrons. The van der Waals surface area contributed by atoms with Crippen LogP contribution in [0, 0.1) is 0 Å². The molecule has 0 spiro atoms. The molecule has 3 N–H and O–H groups in total. The first-order valence-electron chi connectivity index (χ1n) is 6.02. The summed E-state index contributed by atoms with van der Waals surface area (Å²) in [6, 6.07) is 3.21. The Morgan fingerprint density at radius 2 is 2.33 bits per heavy atom. The van der Waals surface area contributed by atoms with Crippen molar-refractivity contribution in [2.75, 3.05) is 5.73 Å². The van der Waals surface area contributed by atoms with Crippen molar-refractivity contribution in [2.45, 2.75) is 37.5 Å². The van der Waals surface area contributed by atoms with Crippen LogP contribution in [0.2, 0.25) is 5.02 Å². The molecule has 0 saturated carbocycles. The van der Waals surface area contributed by atoms with Crippen LogP contribution in [-0.2, 0) is 4.74 Å². The number of anilines is 1. The predicted molar refractivity (Wildman–Crippen MR) is 67.4 cm³/mol. The molecule has 0 aromatic carbocycles. The summed E-state index contributed by atoms with van der Waals surface area (Å²) in [5.41, 5.74) is 5.74. The normalized spacial score (nSPS) is 29.5. The Morgan fingerprint density at radius 1 is 1.50 bits per heavy atom. The van der Waals surface area contributed by atoms with Gasteiger partial charge in [0, 0.05) is 0 Å². The minimum Gasteiger partial charge on any atom is -0.384 e. The number of amides is 1. The number of nitrogens with one attached hydrogen (secondary N) is 1. The maximum absolute atomic E-state index is 12.1. The molecule has 1 amide bonds. The number of hydrogen-bond donors (Lipinski definition) is 2. The number of halogens is 1. The first-order chi connectivity index (χ1) is 8.63. The van der Waals surface area contributed by atoms with E-state index in [1.165, 1.54) is 0 Å². The zero-order valence-electron chi connectivity index (χ0n) is 9.73. The highest BCUT2D eigenvalue weighted by Gasteiger charge is 2.41. The third kappa shape index (κ3) is 2.04. The quantitative estimate of drug-likeness (QED) is 0.848. The Balaban J connectivity index is 1.73. The van der Waals surface area contributed by atoms with Gasteiger partial charge in [-0.2, -0.15) is 0 Å². The van der Waals surface area contributed by atoms with Gasteiger partial charge >= 0.3 is 0 Å². The van der Waals surface area contributed by atoms with E-state index in [4.69, 9.17) is 22.1 Å². The molecule has 3 heterocycles. The number of aromatic nitrogens is 1. The molecular formula is C12H14ClN3O2. The van der Waals surface area contributed by atoms with Crippen molar-refractivity contribution in [3.63, 3.8) is 0 Å². The number of nitrogens with two attached hydrogens (primary N) is 1. The fourth-order valence-corrected chi connectivity index (χ4v) is 2.83. The Labute approximate surface area is 110 Å². The zero-order chi connectivity index (χ0) is 12.7. The van der Waals surface area contributed by atoms with Gasteiger partial charge in [-0.05, 0) is 31.4 Å². The highest BCUT2D eigenvalue weighted by Crippen LogP contribution is 2.34. The van der Waals surface area contributed by atoms with Gasteiger partial charge in [0.05, 0.1) is 23.3 Å². The monoisotopic (exact) mass is 267 g/mol. The van der Waals surface area contributed by atoms with Crippen LogP contribution in [0.1, 0.15) is 29.8 Å². The van der Waals surface area contributed by atoms with Crippen LogP contribution >= 0.6 is 11.6 Å². The second-order valence-corrected chi connectivity index (χ2v) is 5.16. The van der Waals surface area contributed by atoms with E-state index in [-0.39, 0.29) is 29.6 Å². The van der Waals surface area contributed by atoms with Crippen LogP contribution < -0.4 is 11.1 Å². The van der Waals surface area contributed by atoms with Crippen molar-refractivity contribution in [1.82, 2.24) is 10.3 Å². The van der Waals surface area contributed by atoms with Crippen molar-refractivity contribution in [1.29, 1.82) is 0 Å². The maximum atomic E-state index is 12.1. The smallest absolute Gasteiger partial charge is 0.271 e. The Hall–Kier alpha value is -1.33. The van der Waals surface area contributed by atoms with E-state index in [0.29, 0.717) is 11.1 Å². The van der Waals surface area contributed by atoms with Gasteiger partial charge in [-0.1, -0.05) is 11.6 Å². The molecule has 0 radical (unpaired) electrons. The summed E-state index contributed by atoms with van der Waals surface area (Å²) < 4.78 is 5.68. The minimum atomic E-state index is -0.284. The van der Waals surface area contributed by atoms with Gasteiger partial charge in [0.1, 0.15) is 11.5 Å². The zero-order valence-corrected chi connectivity index (χ0v) is 10.5. The molecule has 5 nitrogen and oxygen atoms in total. The molecule has 3 unspecified atom stereocenters. The number of hydrogen-bond acceptors (Lipinski definition) is 4. The van der Waals surface area contributed by atoms with Crippen molar-refractivity contribution in [2.24, 2.45) is 0 Å². The Bertz CT molecular complexity index is 494. The molecule has 2 bridgehead atoms. The van der Waals surface area contributed by atoms with Gasteiger partial charge in [-0.25, -0.2) is 4.98 Å². The Morgan fingerprint density at radius 3 is 3.00 bits per heavy atom. The largest absolute Gasteiger partial charge is 0.384 e. The second kappa shape index (κ2) is 4.40. The highest BCUT2D eigenvalue weighted by atomic mass is 35.5. The highest BCUT2D eigenvalue weighted by molar-refractivity contribution is 6.33. The number of pyridine rings is 1. The molecular weight excluding hydrogens is 254 g/mol. The van der Waals surface area contributed by atoms with Gasteiger partial charge < -0.3 is 15.8 Å². The molecule has 2 saturated heterocycles. The summed E-state index contributed by atoms with van der Waals surface area (Å²) in [6.45, 7) is 0. The topological polar surface area (TPSA) is 77.2 Å². The van der Waals surface area contributed by atoms with Crippen molar-refractivity contribution in [3.8, 4) is 0 Å². The van der Waals surface area contributed by atoms with Crippen molar-refractivity contribution in [3.05, 3.63) is 22.8 Å². The summed E-state index contributed by atoms with van der Waals surface area (Å²) in [5, 5.41) is 3.24. The van der Waals surface area contributed by atoms with E-state index in [2.05, 4.69) is 10.3 Å². The van der Waals surface area contributed by atoms with Crippen LogP contribution in [-0.4, -0.2) is 29.1 Å². The fourth-order valence-electron chi connectivity index (χ4n) is 2.64. The molecule has 2 aliphatic rings. The number of carbonyl (C=O) groups is 1. The average molecular weight is 268 g/mol. The van der Waals surface area contributed by atoms with E-state index >= 15 is 0 Å². The molecule has 1 aromatic rings. The number of rotatable bonds is 2. The van der Waals surface area contributed by atoms with Crippen LogP contribution in [0.4, 0.5) is 5.82 Å². The predicted octanol–water partition coefficient (Wildman–Crippen LogP) is 1.37. The fraction of sp³-hybridized carbons (Fsp3) is 0.500. The van der Waals surface area contributed by atoms with Crippen molar-refractivity contribution < 1.29 is 9.53 Å². The Kier molecular flexibility index (Phi) is 2.87. The average Bonchev–Trinajstić information content (AvgIpc) is 2.94. The molecule has 6 heteroatoms. The van der Waals surface area contributed by atoms with Gasteiger partial charge in [0.2, 0.25) is 0 Å². The number of ether oxygens (including phenoxy) is 1. The molecule has 1 aromatic heterocycles. The molecule has 2 fully saturated rings. The summed E-state index contributed by atoms with van der Waals surface area (Å²) >= 11 is 5.95. The summed E-state index contributed by atoms with van der Waals surface area (Å²) in [7, 11) is 0. The number of nitrogens with zero attached hydrogens (tertiary/aromatic N) is 1. The van der Waals surface area contributed by atoms with E-state index < -0.39 is 0 Å². The standard InChI is InChI=1S/C12H14ClN3O2/c13-7-2-4-10(14)16-11(7)12(17)15-8-5-6-1-3-9(8)18-6/h2,4,6,8-9H,1,3,5H2,(H2,14,16)(H,15,17). The van der Waals surface area contributed by atoms with E-state index in [9.17, 15) is 4.79 Å². The molecule has 18 heavy (non-hydrogen) atoms. The lowest BCUT2D eigenvalue weighted by atomic mass is 9.95. The molecule has 0 aliphatic carbocycles. The third-order valence-corrected chi connectivity index (χ3v) is 3.81.